The van der Waals surface area contributed by atoms with Crippen LogP contribution < -0.4 is 4.74 Å². The number of carbonyl (C=O) groups excluding carboxylic acids is 1. The number of carbonyl (C=O) groups is 1. The highest BCUT2D eigenvalue weighted by atomic mass is 16.6. The maximum Gasteiger partial charge on any atom is 0.315 e. The lowest BCUT2D eigenvalue weighted by Crippen LogP contribution is -2.13. The second kappa shape index (κ2) is 6.60. The van der Waals surface area contributed by atoms with E-state index < -0.39 is 10.9 Å². The Hall–Kier alpha value is -2.69. The van der Waals surface area contributed by atoms with Crippen LogP contribution in [0.5, 0.6) is 5.75 Å². The fraction of sp³-hybridized carbons (Fsp3) is 0.278. The van der Waals surface area contributed by atoms with Crippen LogP contribution in [0.15, 0.2) is 42.5 Å². The van der Waals surface area contributed by atoms with Crippen molar-refractivity contribution in [1.82, 2.24) is 0 Å². The number of ether oxygens (including phenoxy) is 1. The van der Waals surface area contributed by atoms with E-state index in [0.29, 0.717) is 11.3 Å². The van der Waals surface area contributed by atoms with Crippen molar-refractivity contribution >= 4 is 11.7 Å². The molecule has 2 aromatic rings. The van der Waals surface area contributed by atoms with Gasteiger partial charge in [0.2, 0.25) is 0 Å². The van der Waals surface area contributed by atoms with Crippen LogP contribution in [-0.2, 0) is 24.1 Å². The maximum atomic E-state index is 12.1. The minimum atomic E-state index is -0.491. The Balaban J connectivity index is 1.72. The van der Waals surface area contributed by atoms with Gasteiger partial charge in [-0.2, -0.15) is 0 Å². The standard InChI is InChI=1S/C18H17NO4/c20-18(12-15-7-3-4-8-17(15)19(21)22)23-16-10-9-13-5-1-2-6-14(13)11-16/h3-4,7-11H,1-2,5-6,12H2. The third-order valence-corrected chi connectivity index (χ3v) is 4.07. The van der Waals surface area contributed by atoms with Gasteiger partial charge in [-0.15, -0.1) is 0 Å². The molecule has 118 valence electrons. The van der Waals surface area contributed by atoms with E-state index in [-0.39, 0.29) is 12.1 Å². The first-order valence-electron chi connectivity index (χ1n) is 7.68. The quantitative estimate of drug-likeness (QED) is 0.374. The molecule has 5 heteroatoms. The van der Waals surface area contributed by atoms with Crippen molar-refractivity contribution in [1.29, 1.82) is 0 Å². The molecule has 2 aromatic carbocycles. The van der Waals surface area contributed by atoms with Gasteiger partial charge in [0.1, 0.15) is 5.75 Å². The summed E-state index contributed by atoms with van der Waals surface area (Å²) in [6.07, 6.45) is 4.31. The molecule has 0 saturated carbocycles. The van der Waals surface area contributed by atoms with Gasteiger partial charge in [-0.05, 0) is 48.9 Å². The number of para-hydroxylation sites is 1. The lowest BCUT2D eigenvalue weighted by atomic mass is 9.92. The summed E-state index contributed by atoms with van der Waals surface area (Å²) in [6, 6.07) is 11.9. The summed E-state index contributed by atoms with van der Waals surface area (Å²) >= 11 is 0. The van der Waals surface area contributed by atoms with Gasteiger partial charge in [0, 0.05) is 11.6 Å². The summed E-state index contributed by atoms with van der Waals surface area (Å²) in [7, 11) is 0. The molecule has 0 atom stereocenters. The number of nitrogens with zero attached hydrogens (tertiary/aromatic N) is 1. The molecule has 0 amide bonds. The zero-order chi connectivity index (χ0) is 16.2. The Labute approximate surface area is 134 Å². The number of nitro benzene ring substituents is 1. The van der Waals surface area contributed by atoms with E-state index in [4.69, 9.17) is 4.74 Å². The van der Waals surface area contributed by atoms with Gasteiger partial charge < -0.3 is 4.74 Å². The van der Waals surface area contributed by atoms with E-state index in [1.807, 2.05) is 12.1 Å². The van der Waals surface area contributed by atoms with Gasteiger partial charge >= 0.3 is 5.97 Å². The SMILES string of the molecule is O=C(Cc1ccccc1[N+](=O)[O-])Oc1ccc2c(c1)CCCC2. The van der Waals surface area contributed by atoms with E-state index >= 15 is 0 Å². The first-order valence-corrected chi connectivity index (χ1v) is 7.68. The van der Waals surface area contributed by atoms with Gasteiger partial charge in [0.25, 0.3) is 5.69 Å². The van der Waals surface area contributed by atoms with Gasteiger partial charge in [-0.3, -0.25) is 14.9 Å². The van der Waals surface area contributed by atoms with Crippen LogP contribution in [0, 0.1) is 10.1 Å². The first-order chi connectivity index (χ1) is 11.1. The van der Waals surface area contributed by atoms with Crippen LogP contribution in [-0.4, -0.2) is 10.9 Å². The average Bonchev–Trinajstić information content (AvgIpc) is 2.55. The minimum Gasteiger partial charge on any atom is -0.426 e. The Morgan fingerprint density at radius 2 is 1.83 bits per heavy atom. The Kier molecular flexibility index (Phi) is 4.37. The average molecular weight is 311 g/mol. The van der Waals surface area contributed by atoms with Crippen molar-refractivity contribution in [2.24, 2.45) is 0 Å². The van der Waals surface area contributed by atoms with Gasteiger partial charge in [-0.25, -0.2) is 0 Å². The van der Waals surface area contributed by atoms with E-state index in [1.165, 1.54) is 23.6 Å². The van der Waals surface area contributed by atoms with E-state index in [2.05, 4.69) is 0 Å². The molecule has 5 nitrogen and oxygen atoms in total. The molecule has 0 spiro atoms. The van der Waals surface area contributed by atoms with Crippen molar-refractivity contribution in [2.45, 2.75) is 32.1 Å². The van der Waals surface area contributed by atoms with Crippen LogP contribution in [0.2, 0.25) is 0 Å². The molecular weight excluding hydrogens is 294 g/mol. The topological polar surface area (TPSA) is 69.4 Å². The molecule has 0 N–H and O–H groups in total. The van der Waals surface area contributed by atoms with E-state index in [0.717, 1.165) is 19.3 Å². The number of esters is 1. The number of nitro groups is 1. The monoisotopic (exact) mass is 311 g/mol. The molecule has 0 aliphatic heterocycles. The maximum absolute atomic E-state index is 12.1. The number of hydrogen-bond acceptors (Lipinski definition) is 4. The Bertz CT molecular complexity index is 754. The number of rotatable bonds is 4. The summed E-state index contributed by atoms with van der Waals surface area (Å²) in [5.74, 6) is 0.0179. The van der Waals surface area contributed by atoms with Crippen LogP contribution in [0.25, 0.3) is 0 Å². The lowest BCUT2D eigenvalue weighted by molar-refractivity contribution is -0.385. The fourth-order valence-corrected chi connectivity index (χ4v) is 2.93. The first kappa shape index (κ1) is 15.2. The summed E-state index contributed by atoms with van der Waals surface area (Å²) in [5.41, 5.74) is 2.84. The molecule has 0 saturated heterocycles. The molecule has 0 heterocycles. The van der Waals surface area contributed by atoms with E-state index in [1.54, 1.807) is 24.3 Å². The Morgan fingerprint density at radius 3 is 2.61 bits per heavy atom. The molecule has 0 fully saturated rings. The highest BCUT2D eigenvalue weighted by molar-refractivity contribution is 5.76. The predicted molar refractivity (Wildman–Crippen MR) is 85.5 cm³/mol. The molecular formula is C18H17NO4. The zero-order valence-corrected chi connectivity index (χ0v) is 12.7. The smallest absolute Gasteiger partial charge is 0.315 e. The van der Waals surface area contributed by atoms with E-state index in [9.17, 15) is 14.9 Å². The molecule has 1 aliphatic carbocycles. The van der Waals surface area contributed by atoms with Crippen molar-refractivity contribution in [3.05, 3.63) is 69.3 Å². The summed E-state index contributed by atoms with van der Waals surface area (Å²) < 4.78 is 5.36. The highest BCUT2D eigenvalue weighted by Gasteiger charge is 2.17. The number of aryl methyl sites for hydroxylation is 2. The molecule has 0 radical (unpaired) electrons. The van der Waals surface area contributed by atoms with Crippen LogP contribution in [0.3, 0.4) is 0 Å². The minimum absolute atomic E-state index is 0.0603. The second-order valence-electron chi connectivity index (χ2n) is 5.67. The van der Waals surface area contributed by atoms with Gasteiger partial charge in [-0.1, -0.05) is 24.3 Å². The summed E-state index contributed by atoms with van der Waals surface area (Å²) in [5, 5.41) is 11.0. The molecule has 1 aliphatic rings. The predicted octanol–water partition coefficient (Wildman–Crippen LogP) is 3.62. The van der Waals surface area contributed by atoms with Gasteiger partial charge in [0.15, 0.2) is 0 Å². The van der Waals surface area contributed by atoms with Crippen molar-refractivity contribution in [3.63, 3.8) is 0 Å². The summed E-state index contributed by atoms with van der Waals surface area (Å²) in [6.45, 7) is 0. The molecule has 3 rings (SSSR count). The van der Waals surface area contributed by atoms with Crippen LogP contribution >= 0.6 is 0 Å². The zero-order valence-electron chi connectivity index (χ0n) is 12.7. The van der Waals surface area contributed by atoms with Crippen molar-refractivity contribution < 1.29 is 14.5 Å². The Morgan fingerprint density at radius 1 is 1.09 bits per heavy atom. The third kappa shape index (κ3) is 3.56. The van der Waals surface area contributed by atoms with Crippen LogP contribution in [0.4, 0.5) is 5.69 Å². The molecule has 0 bridgehead atoms. The fourth-order valence-electron chi connectivity index (χ4n) is 2.93. The lowest BCUT2D eigenvalue weighted by Gasteiger charge is -2.16. The highest BCUT2D eigenvalue weighted by Crippen LogP contribution is 2.26. The largest absolute Gasteiger partial charge is 0.426 e. The number of hydrogen-bond donors (Lipinski definition) is 0. The third-order valence-electron chi connectivity index (χ3n) is 4.07. The van der Waals surface area contributed by atoms with Gasteiger partial charge in [0.05, 0.1) is 11.3 Å². The second-order valence-corrected chi connectivity index (χ2v) is 5.67. The number of fused-ring (bicyclic) bond motifs is 1. The van der Waals surface area contributed by atoms with Crippen LogP contribution in [0.1, 0.15) is 29.5 Å². The normalized spacial score (nSPS) is 13.2. The van der Waals surface area contributed by atoms with Crippen molar-refractivity contribution in [2.75, 3.05) is 0 Å². The summed E-state index contributed by atoms with van der Waals surface area (Å²) in [4.78, 5) is 22.6. The molecule has 23 heavy (non-hydrogen) atoms. The molecule has 0 aromatic heterocycles. The van der Waals surface area contributed by atoms with Crippen molar-refractivity contribution in [3.8, 4) is 5.75 Å². The number of benzene rings is 2. The molecule has 0 unspecified atom stereocenters.